The molecule has 1 spiro atoms. The molecule has 0 bridgehead atoms. The third-order valence-electron chi connectivity index (χ3n) is 6.02. The molecule has 7 nitrogen and oxygen atoms in total. The number of nitro benzene ring substituents is 1. The van der Waals surface area contributed by atoms with E-state index in [2.05, 4.69) is 18.7 Å². The number of ether oxygens (including phenoxy) is 2. The summed E-state index contributed by atoms with van der Waals surface area (Å²) in [4.78, 5) is 26.1. The summed E-state index contributed by atoms with van der Waals surface area (Å²) in [6, 6.07) is 17.3. The van der Waals surface area contributed by atoms with Gasteiger partial charge in [-0.15, -0.1) is 0 Å². The minimum atomic E-state index is -1.30. The number of fused-ring (bicyclic) bond motifs is 6. The summed E-state index contributed by atoms with van der Waals surface area (Å²) in [6.07, 6.45) is 0. The Morgan fingerprint density at radius 2 is 1.71 bits per heavy atom. The molecule has 156 valence electrons. The second-order valence-corrected chi connectivity index (χ2v) is 7.51. The minimum absolute atomic E-state index is 0.0923. The Morgan fingerprint density at radius 1 is 0.935 bits per heavy atom. The van der Waals surface area contributed by atoms with Gasteiger partial charge in [0.15, 0.2) is 5.60 Å². The van der Waals surface area contributed by atoms with Crippen LogP contribution >= 0.6 is 0 Å². The van der Waals surface area contributed by atoms with Crippen molar-refractivity contribution in [1.29, 1.82) is 0 Å². The number of nitro groups is 1. The molecular formula is C24H20N2O5. The van der Waals surface area contributed by atoms with Crippen molar-refractivity contribution in [3.8, 4) is 11.5 Å². The fourth-order valence-electron chi connectivity index (χ4n) is 4.55. The van der Waals surface area contributed by atoms with E-state index >= 15 is 0 Å². The minimum Gasteiger partial charge on any atom is -0.456 e. The number of carbonyl (C=O) groups is 1. The summed E-state index contributed by atoms with van der Waals surface area (Å²) in [5.41, 5.74) is 1.79. The summed E-state index contributed by atoms with van der Waals surface area (Å²) >= 11 is 0. The second kappa shape index (κ2) is 6.84. The number of non-ortho nitro benzene ring substituents is 1. The number of carbonyl (C=O) groups excluding carboxylic acids is 1. The Morgan fingerprint density at radius 3 is 2.45 bits per heavy atom. The molecule has 5 rings (SSSR count). The average Bonchev–Trinajstić information content (AvgIpc) is 3.08. The van der Waals surface area contributed by atoms with Gasteiger partial charge < -0.3 is 14.4 Å². The zero-order chi connectivity index (χ0) is 21.8. The Kier molecular flexibility index (Phi) is 4.22. The van der Waals surface area contributed by atoms with E-state index < -0.39 is 16.5 Å². The Hall–Kier alpha value is -3.87. The molecular weight excluding hydrogens is 396 g/mol. The SMILES string of the molecule is CCN(CC)c1ccc2c(c1)Oc1ccc([N+](=O)[O-])cc1[C@]21OC(=O)c2ccccc21. The van der Waals surface area contributed by atoms with Crippen molar-refractivity contribution in [2.75, 3.05) is 18.0 Å². The van der Waals surface area contributed by atoms with E-state index in [9.17, 15) is 14.9 Å². The van der Waals surface area contributed by atoms with Gasteiger partial charge in [-0.25, -0.2) is 4.79 Å². The highest BCUT2D eigenvalue weighted by Crippen LogP contribution is 2.57. The molecule has 0 aromatic heterocycles. The van der Waals surface area contributed by atoms with Gasteiger partial charge in [0.2, 0.25) is 0 Å². The lowest BCUT2D eigenvalue weighted by Crippen LogP contribution is -2.33. The van der Waals surface area contributed by atoms with E-state index in [0.29, 0.717) is 33.8 Å². The molecule has 2 aliphatic heterocycles. The molecule has 2 heterocycles. The fraction of sp³-hybridized carbons (Fsp3) is 0.208. The van der Waals surface area contributed by atoms with E-state index in [1.807, 2.05) is 30.3 Å². The Bertz CT molecular complexity index is 1230. The molecule has 0 N–H and O–H groups in total. The van der Waals surface area contributed by atoms with Crippen LogP contribution in [0.4, 0.5) is 11.4 Å². The van der Waals surface area contributed by atoms with Crippen LogP contribution in [0.15, 0.2) is 60.7 Å². The van der Waals surface area contributed by atoms with Crippen LogP contribution in [0, 0.1) is 10.1 Å². The van der Waals surface area contributed by atoms with Crippen LogP contribution in [0.3, 0.4) is 0 Å². The van der Waals surface area contributed by atoms with Crippen LogP contribution in [0.1, 0.15) is 40.9 Å². The lowest BCUT2D eigenvalue weighted by molar-refractivity contribution is -0.385. The first-order chi connectivity index (χ1) is 15.0. The van der Waals surface area contributed by atoms with Gasteiger partial charge in [0.05, 0.1) is 16.1 Å². The van der Waals surface area contributed by atoms with Crippen molar-refractivity contribution < 1.29 is 19.2 Å². The molecule has 2 aliphatic rings. The zero-order valence-corrected chi connectivity index (χ0v) is 17.1. The van der Waals surface area contributed by atoms with Crippen molar-refractivity contribution in [2.45, 2.75) is 19.4 Å². The average molecular weight is 416 g/mol. The van der Waals surface area contributed by atoms with Gasteiger partial charge >= 0.3 is 5.97 Å². The second-order valence-electron chi connectivity index (χ2n) is 7.51. The number of benzene rings is 3. The van der Waals surface area contributed by atoms with E-state index in [1.54, 1.807) is 18.2 Å². The Balaban J connectivity index is 1.81. The topological polar surface area (TPSA) is 81.9 Å². The van der Waals surface area contributed by atoms with E-state index in [4.69, 9.17) is 9.47 Å². The molecule has 31 heavy (non-hydrogen) atoms. The van der Waals surface area contributed by atoms with E-state index in [1.165, 1.54) is 12.1 Å². The standard InChI is InChI=1S/C24H20N2O5/c1-3-25(4-2)15-9-11-19-22(14-15)30-21-12-10-16(26(28)29)13-20(21)24(19)18-8-6-5-7-17(18)23(27)31-24/h5-14H,3-4H2,1-2H3/t24-/m1/s1. The van der Waals surface area contributed by atoms with Crippen molar-refractivity contribution >= 4 is 17.3 Å². The van der Waals surface area contributed by atoms with Gasteiger partial charge in [0.1, 0.15) is 11.5 Å². The first kappa shape index (κ1) is 19.1. The zero-order valence-electron chi connectivity index (χ0n) is 17.1. The molecule has 7 heteroatoms. The van der Waals surface area contributed by atoms with Gasteiger partial charge in [-0.1, -0.05) is 18.2 Å². The van der Waals surface area contributed by atoms with Crippen LogP contribution in [-0.4, -0.2) is 24.0 Å². The molecule has 0 saturated heterocycles. The van der Waals surface area contributed by atoms with Crippen LogP contribution in [0.2, 0.25) is 0 Å². The first-order valence-corrected chi connectivity index (χ1v) is 10.2. The molecule has 3 aromatic rings. The molecule has 0 unspecified atom stereocenters. The Labute approximate surface area is 179 Å². The summed E-state index contributed by atoms with van der Waals surface area (Å²) < 4.78 is 12.2. The molecule has 0 radical (unpaired) electrons. The van der Waals surface area contributed by atoms with Crippen molar-refractivity contribution in [3.05, 3.63) is 93.0 Å². The van der Waals surface area contributed by atoms with Crippen LogP contribution in [0.25, 0.3) is 0 Å². The summed E-state index contributed by atoms with van der Waals surface area (Å²) in [7, 11) is 0. The largest absolute Gasteiger partial charge is 0.456 e. The molecule has 0 amide bonds. The quantitative estimate of drug-likeness (QED) is 0.338. The lowest BCUT2D eigenvalue weighted by Gasteiger charge is -2.37. The van der Waals surface area contributed by atoms with Gasteiger partial charge in [0.25, 0.3) is 5.69 Å². The number of hydrogen-bond acceptors (Lipinski definition) is 6. The number of esters is 1. The number of hydrogen-bond donors (Lipinski definition) is 0. The molecule has 1 atom stereocenters. The van der Waals surface area contributed by atoms with Crippen molar-refractivity contribution in [2.24, 2.45) is 0 Å². The summed E-state index contributed by atoms with van der Waals surface area (Å²) in [6.45, 7) is 5.82. The molecule has 0 aliphatic carbocycles. The van der Waals surface area contributed by atoms with Gasteiger partial charge in [0, 0.05) is 48.1 Å². The van der Waals surface area contributed by atoms with Gasteiger partial charge in [-0.05, 0) is 38.1 Å². The highest BCUT2D eigenvalue weighted by molar-refractivity contribution is 5.97. The first-order valence-electron chi connectivity index (χ1n) is 10.2. The highest BCUT2D eigenvalue weighted by Gasteiger charge is 2.54. The molecule has 0 saturated carbocycles. The van der Waals surface area contributed by atoms with Crippen LogP contribution < -0.4 is 9.64 Å². The van der Waals surface area contributed by atoms with Gasteiger partial charge in [-0.2, -0.15) is 0 Å². The van der Waals surface area contributed by atoms with E-state index in [0.717, 1.165) is 18.8 Å². The third-order valence-corrected chi connectivity index (χ3v) is 6.02. The van der Waals surface area contributed by atoms with Crippen molar-refractivity contribution in [3.63, 3.8) is 0 Å². The maximum Gasteiger partial charge on any atom is 0.340 e. The van der Waals surface area contributed by atoms with Crippen LogP contribution in [0.5, 0.6) is 11.5 Å². The maximum absolute atomic E-state index is 12.8. The maximum atomic E-state index is 12.8. The fourth-order valence-corrected chi connectivity index (χ4v) is 4.55. The highest BCUT2D eigenvalue weighted by atomic mass is 16.6. The summed E-state index contributed by atoms with van der Waals surface area (Å²) in [5, 5.41) is 11.5. The third kappa shape index (κ3) is 2.63. The van der Waals surface area contributed by atoms with E-state index in [-0.39, 0.29) is 5.69 Å². The predicted molar refractivity (Wildman–Crippen MR) is 115 cm³/mol. The van der Waals surface area contributed by atoms with Gasteiger partial charge in [-0.3, -0.25) is 10.1 Å². The number of rotatable bonds is 4. The molecule has 3 aromatic carbocycles. The molecule has 0 fully saturated rings. The lowest BCUT2D eigenvalue weighted by atomic mass is 9.77. The monoisotopic (exact) mass is 416 g/mol. The number of nitrogens with zero attached hydrogens (tertiary/aromatic N) is 2. The van der Waals surface area contributed by atoms with Crippen LogP contribution in [-0.2, 0) is 10.3 Å². The predicted octanol–water partition coefficient (Wildman–Crippen LogP) is 5.01. The normalized spacial score (nSPS) is 17.9. The van der Waals surface area contributed by atoms with Crippen molar-refractivity contribution in [1.82, 2.24) is 0 Å². The smallest absolute Gasteiger partial charge is 0.340 e. The number of anilines is 1. The summed E-state index contributed by atoms with van der Waals surface area (Å²) in [5.74, 6) is 0.531.